The number of aromatic nitrogens is 2. The zero-order valence-corrected chi connectivity index (χ0v) is 18.8. The Hall–Kier alpha value is -3.42. The Balaban J connectivity index is 0.00000218. The Morgan fingerprint density at radius 2 is 1.73 bits per heavy atom. The van der Waals surface area contributed by atoms with Crippen LogP contribution in [0.15, 0.2) is 35.7 Å². The van der Waals surface area contributed by atoms with Gasteiger partial charge in [-0.25, -0.2) is 9.78 Å². The number of carbonyl (C=O) groups excluding carboxylic acids is 1. The summed E-state index contributed by atoms with van der Waals surface area (Å²) in [5, 5.41) is 3.93. The van der Waals surface area contributed by atoms with Crippen LogP contribution in [0.4, 0.5) is 0 Å². The van der Waals surface area contributed by atoms with Crippen molar-refractivity contribution in [3.05, 3.63) is 53.2 Å². The fourth-order valence-corrected chi connectivity index (χ4v) is 2.57. The summed E-state index contributed by atoms with van der Waals surface area (Å²) in [6.45, 7) is 9.37. The Bertz CT molecular complexity index is 923. The van der Waals surface area contributed by atoms with Gasteiger partial charge in [0, 0.05) is 11.1 Å². The minimum atomic E-state index is -0.544. The lowest BCUT2D eigenvalue weighted by Crippen LogP contribution is -2.09. The number of benzene rings is 1. The molecule has 2 rings (SSSR count). The van der Waals surface area contributed by atoms with Gasteiger partial charge in [0.05, 0.1) is 26.2 Å². The first kappa shape index (κ1) is 24.6. The lowest BCUT2D eigenvalue weighted by atomic mass is 10.1. The van der Waals surface area contributed by atoms with Crippen molar-refractivity contribution in [1.29, 1.82) is 0 Å². The number of hydrogen-bond donors (Lipinski definition) is 0. The van der Waals surface area contributed by atoms with Gasteiger partial charge in [0.2, 0.25) is 5.88 Å². The van der Waals surface area contributed by atoms with Crippen molar-refractivity contribution in [2.24, 2.45) is 5.16 Å². The Morgan fingerprint density at radius 3 is 2.33 bits per heavy atom. The molecule has 0 saturated carbocycles. The molecule has 8 heteroatoms. The maximum atomic E-state index is 12.2. The molecule has 0 aliphatic rings. The second kappa shape index (κ2) is 12.2. The van der Waals surface area contributed by atoms with Gasteiger partial charge in [0.1, 0.15) is 30.0 Å². The fourth-order valence-electron chi connectivity index (χ4n) is 2.57. The highest BCUT2D eigenvalue weighted by molar-refractivity contribution is 6.17. The molecule has 0 spiro atoms. The van der Waals surface area contributed by atoms with E-state index in [1.807, 2.05) is 20.8 Å². The van der Waals surface area contributed by atoms with Gasteiger partial charge in [-0.1, -0.05) is 37.2 Å². The van der Waals surface area contributed by atoms with Crippen molar-refractivity contribution in [2.75, 3.05) is 21.3 Å². The van der Waals surface area contributed by atoms with Crippen LogP contribution in [0.2, 0.25) is 0 Å². The molecule has 0 radical (unpaired) electrons. The summed E-state index contributed by atoms with van der Waals surface area (Å²) in [4.78, 5) is 25.8. The van der Waals surface area contributed by atoms with Crippen LogP contribution < -0.4 is 4.74 Å². The summed E-state index contributed by atoms with van der Waals surface area (Å²) < 4.78 is 15.9. The zero-order chi connectivity index (χ0) is 22.7. The molecule has 2 aromatic rings. The van der Waals surface area contributed by atoms with E-state index in [2.05, 4.69) is 15.1 Å². The van der Waals surface area contributed by atoms with E-state index >= 15 is 0 Å². The van der Waals surface area contributed by atoms with Gasteiger partial charge < -0.3 is 19.0 Å². The van der Waals surface area contributed by atoms with Gasteiger partial charge >= 0.3 is 5.97 Å². The standard InChI is InChI=1S/C20H23N3O5.C2H6/c1-12-18(13(2)23-27-6)21-14(3)22-19(12)28-17-10-8-7-9-15(17)16(11-25-4)20(24)26-5;1-2/h7-11H,1-6H3;1-2H3/b16-11-,23-13-;. The molecule has 0 fully saturated rings. The number of methoxy groups -OCH3 is 2. The lowest BCUT2D eigenvalue weighted by molar-refractivity contribution is -0.133. The fraction of sp³-hybridized carbons (Fsp3) is 0.364. The van der Waals surface area contributed by atoms with E-state index < -0.39 is 5.97 Å². The molecule has 1 aromatic carbocycles. The van der Waals surface area contributed by atoms with Gasteiger partial charge in [0.25, 0.3) is 0 Å². The van der Waals surface area contributed by atoms with E-state index in [1.54, 1.807) is 38.1 Å². The largest absolute Gasteiger partial charge is 0.503 e. The minimum Gasteiger partial charge on any atom is -0.503 e. The highest BCUT2D eigenvalue weighted by Crippen LogP contribution is 2.32. The number of nitrogens with zero attached hydrogens (tertiary/aromatic N) is 3. The van der Waals surface area contributed by atoms with Gasteiger partial charge in [-0.15, -0.1) is 0 Å². The van der Waals surface area contributed by atoms with Crippen LogP contribution in [0.1, 0.15) is 43.4 Å². The van der Waals surface area contributed by atoms with Gasteiger partial charge in [-0.05, 0) is 26.8 Å². The molecule has 1 aromatic heterocycles. The average Bonchev–Trinajstić information content (AvgIpc) is 2.76. The van der Waals surface area contributed by atoms with Gasteiger partial charge in [0.15, 0.2) is 0 Å². The number of para-hydroxylation sites is 1. The maximum Gasteiger partial charge on any atom is 0.341 e. The second-order valence-electron chi connectivity index (χ2n) is 5.77. The maximum absolute atomic E-state index is 12.2. The topological polar surface area (TPSA) is 92.1 Å². The number of aryl methyl sites for hydroxylation is 1. The van der Waals surface area contributed by atoms with E-state index in [-0.39, 0.29) is 5.57 Å². The van der Waals surface area contributed by atoms with E-state index in [4.69, 9.17) is 19.0 Å². The van der Waals surface area contributed by atoms with Gasteiger partial charge in [-0.2, -0.15) is 4.98 Å². The van der Waals surface area contributed by atoms with Crippen LogP contribution >= 0.6 is 0 Å². The van der Waals surface area contributed by atoms with Crippen LogP contribution in [0, 0.1) is 13.8 Å². The number of carbonyl (C=O) groups is 1. The first-order valence-electron chi connectivity index (χ1n) is 9.44. The SMILES string of the molecule is CC.CO/C=C(\C(=O)OC)c1ccccc1Oc1nc(C)nc(/C(C)=N\OC)c1C. The molecule has 30 heavy (non-hydrogen) atoms. The van der Waals surface area contributed by atoms with Crippen molar-refractivity contribution in [3.8, 4) is 11.6 Å². The molecule has 8 nitrogen and oxygen atoms in total. The normalized spacial score (nSPS) is 11.2. The Labute approximate surface area is 177 Å². The molecular weight excluding hydrogens is 386 g/mol. The molecule has 0 atom stereocenters. The first-order chi connectivity index (χ1) is 14.4. The van der Waals surface area contributed by atoms with E-state index in [0.29, 0.717) is 40.0 Å². The molecule has 0 aliphatic heterocycles. The van der Waals surface area contributed by atoms with Crippen molar-refractivity contribution in [3.63, 3.8) is 0 Å². The Morgan fingerprint density at radius 1 is 1.07 bits per heavy atom. The van der Waals surface area contributed by atoms with E-state index in [0.717, 1.165) is 0 Å². The molecule has 0 amide bonds. The summed E-state index contributed by atoms with van der Waals surface area (Å²) in [6, 6.07) is 7.05. The number of ether oxygens (including phenoxy) is 3. The highest BCUT2D eigenvalue weighted by atomic mass is 16.6. The molecule has 0 N–H and O–H groups in total. The number of esters is 1. The molecule has 162 valence electrons. The van der Waals surface area contributed by atoms with Crippen molar-refractivity contribution >= 4 is 17.3 Å². The summed E-state index contributed by atoms with van der Waals surface area (Å²) >= 11 is 0. The first-order valence-corrected chi connectivity index (χ1v) is 9.44. The summed E-state index contributed by atoms with van der Waals surface area (Å²) in [6.07, 6.45) is 1.31. The molecular formula is C22H29N3O5. The van der Waals surface area contributed by atoms with E-state index in [1.165, 1.54) is 27.6 Å². The third-order valence-corrected chi connectivity index (χ3v) is 3.81. The zero-order valence-electron chi connectivity index (χ0n) is 18.8. The Kier molecular flexibility index (Phi) is 10.0. The summed E-state index contributed by atoms with van der Waals surface area (Å²) in [5.74, 6) is 0.739. The number of rotatable bonds is 7. The number of oxime groups is 1. The summed E-state index contributed by atoms with van der Waals surface area (Å²) in [7, 11) is 4.23. The van der Waals surface area contributed by atoms with Crippen LogP contribution in [-0.2, 0) is 19.1 Å². The molecule has 1 heterocycles. The quantitative estimate of drug-likeness (QED) is 0.217. The van der Waals surface area contributed by atoms with Crippen molar-refractivity contribution in [2.45, 2.75) is 34.6 Å². The smallest absolute Gasteiger partial charge is 0.341 e. The van der Waals surface area contributed by atoms with E-state index in [9.17, 15) is 4.79 Å². The van der Waals surface area contributed by atoms with Crippen LogP contribution in [0.25, 0.3) is 5.57 Å². The third kappa shape index (κ3) is 6.04. The summed E-state index contributed by atoms with van der Waals surface area (Å²) in [5.41, 5.74) is 2.63. The van der Waals surface area contributed by atoms with Crippen LogP contribution in [0.5, 0.6) is 11.6 Å². The van der Waals surface area contributed by atoms with Crippen LogP contribution in [-0.4, -0.2) is 43.0 Å². The molecule has 0 aliphatic carbocycles. The van der Waals surface area contributed by atoms with Crippen molar-refractivity contribution in [1.82, 2.24) is 9.97 Å². The lowest BCUT2D eigenvalue weighted by Gasteiger charge is -2.15. The monoisotopic (exact) mass is 415 g/mol. The highest BCUT2D eigenvalue weighted by Gasteiger charge is 2.20. The predicted octanol–water partition coefficient (Wildman–Crippen LogP) is 4.44. The molecule has 0 bridgehead atoms. The predicted molar refractivity (Wildman–Crippen MR) is 116 cm³/mol. The second-order valence-corrected chi connectivity index (χ2v) is 5.77. The van der Waals surface area contributed by atoms with Gasteiger partial charge in [-0.3, -0.25) is 0 Å². The molecule has 0 unspecified atom stereocenters. The van der Waals surface area contributed by atoms with Crippen LogP contribution in [0.3, 0.4) is 0 Å². The molecule has 0 saturated heterocycles. The minimum absolute atomic E-state index is 0.224. The average molecular weight is 415 g/mol. The third-order valence-electron chi connectivity index (χ3n) is 3.81. The van der Waals surface area contributed by atoms with Crippen molar-refractivity contribution < 1.29 is 23.8 Å². The number of hydrogen-bond acceptors (Lipinski definition) is 8.